The first-order valence-corrected chi connectivity index (χ1v) is 7.55. The highest BCUT2D eigenvalue weighted by Gasteiger charge is 2.17. The summed E-state index contributed by atoms with van der Waals surface area (Å²) in [6.07, 6.45) is 2.85. The van der Waals surface area contributed by atoms with Crippen molar-refractivity contribution in [2.75, 3.05) is 19.6 Å². The molecular weight excluding hydrogens is 255 g/mol. The third-order valence-electron chi connectivity index (χ3n) is 3.23. The average molecular weight is 272 g/mol. The zero-order chi connectivity index (χ0) is 13.2. The van der Waals surface area contributed by atoms with Crippen LogP contribution >= 0.6 is 0 Å². The molecule has 0 radical (unpaired) electrons. The van der Waals surface area contributed by atoms with Gasteiger partial charge in [0, 0.05) is 6.54 Å². The smallest absolute Gasteiger partial charge is 0.238 e. The molecule has 2 N–H and O–H groups in total. The Morgan fingerprint density at radius 1 is 1.28 bits per heavy atom. The number of sulfonamides is 1. The Morgan fingerprint density at radius 2 is 1.94 bits per heavy atom. The summed E-state index contributed by atoms with van der Waals surface area (Å²) in [5.74, 6) is -0.432. The predicted molar refractivity (Wildman–Crippen MR) is 67.2 cm³/mol. The molecule has 0 amide bonds. The van der Waals surface area contributed by atoms with Crippen LogP contribution in [0.2, 0.25) is 0 Å². The van der Waals surface area contributed by atoms with Crippen molar-refractivity contribution < 1.29 is 12.8 Å². The molecule has 0 saturated carbocycles. The largest absolute Gasteiger partial charge is 0.303 e. The van der Waals surface area contributed by atoms with Gasteiger partial charge < -0.3 is 4.90 Å². The molecule has 0 atom stereocenters. The van der Waals surface area contributed by atoms with Gasteiger partial charge in [0.05, 0.1) is 4.90 Å². The van der Waals surface area contributed by atoms with Crippen LogP contribution in [0.5, 0.6) is 0 Å². The summed E-state index contributed by atoms with van der Waals surface area (Å²) in [5.41, 5.74) is 0.462. The lowest BCUT2D eigenvalue weighted by Gasteiger charge is -2.15. The first-order valence-electron chi connectivity index (χ1n) is 6.00. The monoisotopic (exact) mass is 272 g/mol. The minimum Gasteiger partial charge on any atom is -0.303 e. The molecule has 6 heteroatoms. The van der Waals surface area contributed by atoms with Crippen LogP contribution in [0.1, 0.15) is 18.4 Å². The van der Waals surface area contributed by atoms with Gasteiger partial charge in [-0.2, -0.15) is 0 Å². The second-order valence-corrected chi connectivity index (χ2v) is 6.13. The summed E-state index contributed by atoms with van der Waals surface area (Å²) in [6, 6.07) is 3.62. The molecule has 1 aromatic carbocycles. The number of benzene rings is 1. The molecule has 1 saturated heterocycles. The number of hydrogen-bond acceptors (Lipinski definition) is 3. The van der Waals surface area contributed by atoms with E-state index >= 15 is 0 Å². The Balaban J connectivity index is 2.17. The lowest BCUT2D eigenvalue weighted by Crippen LogP contribution is -2.23. The van der Waals surface area contributed by atoms with E-state index in [1.807, 2.05) is 0 Å². The van der Waals surface area contributed by atoms with E-state index in [1.54, 1.807) is 0 Å². The van der Waals surface area contributed by atoms with Crippen molar-refractivity contribution in [3.63, 3.8) is 0 Å². The second kappa shape index (κ2) is 5.34. The third-order valence-corrected chi connectivity index (χ3v) is 4.24. The molecule has 4 nitrogen and oxygen atoms in total. The Labute approximate surface area is 107 Å². The highest BCUT2D eigenvalue weighted by Crippen LogP contribution is 2.18. The van der Waals surface area contributed by atoms with Gasteiger partial charge in [-0.05, 0) is 56.1 Å². The van der Waals surface area contributed by atoms with Crippen molar-refractivity contribution in [2.45, 2.75) is 24.2 Å². The maximum Gasteiger partial charge on any atom is 0.238 e. The molecule has 2 rings (SSSR count). The van der Waals surface area contributed by atoms with E-state index < -0.39 is 15.8 Å². The number of primary sulfonamides is 1. The molecule has 0 unspecified atom stereocenters. The molecule has 1 aromatic rings. The number of nitrogens with two attached hydrogens (primary N) is 1. The van der Waals surface area contributed by atoms with Crippen LogP contribution in [0.3, 0.4) is 0 Å². The van der Waals surface area contributed by atoms with E-state index in [9.17, 15) is 12.8 Å². The van der Waals surface area contributed by atoms with E-state index in [1.165, 1.54) is 25.0 Å². The maximum atomic E-state index is 13.2. The fraction of sp³-hybridized carbons (Fsp3) is 0.500. The van der Waals surface area contributed by atoms with E-state index in [0.29, 0.717) is 12.0 Å². The summed E-state index contributed by atoms with van der Waals surface area (Å²) in [4.78, 5) is 2.28. The molecule has 1 aliphatic heterocycles. The normalized spacial score (nSPS) is 17.2. The molecule has 18 heavy (non-hydrogen) atoms. The molecule has 1 fully saturated rings. The van der Waals surface area contributed by atoms with Gasteiger partial charge in [0.1, 0.15) is 5.82 Å². The van der Waals surface area contributed by atoms with Gasteiger partial charge in [-0.3, -0.25) is 0 Å². The van der Waals surface area contributed by atoms with Gasteiger partial charge in [0.25, 0.3) is 0 Å². The van der Waals surface area contributed by atoms with Crippen molar-refractivity contribution in [2.24, 2.45) is 5.14 Å². The SMILES string of the molecule is NS(=O)(=O)c1ccc(F)cc1CCN1CCCC1. The minimum atomic E-state index is -3.78. The zero-order valence-corrected chi connectivity index (χ0v) is 10.9. The molecule has 0 bridgehead atoms. The Hall–Kier alpha value is -0.980. The van der Waals surface area contributed by atoms with Gasteiger partial charge in [0.15, 0.2) is 0 Å². The number of likely N-dealkylation sites (tertiary alicyclic amines) is 1. The van der Waals surface area contributed by atoms with Crippen molar-refractivity contribution in [1.29, 1.82) is 0 Å². The molecule has 0 spiro atoms. The topological polar surface area (TPSA) is 63.4 Å². The van der Waals surface area contributed by atoms with Crippen molar-refractivity contribution in [1.82, 2.24) is 4.90 Å². The molecule has 1 aliphatic rings. The number of nitrogens with zero attached hydrogens (tertiary/aromatic N) is 1. The first kappa shape index (κ1) is 13.5. The highest BCUT2D eigenvalue weighted by atomic mass is 32.2. The van der Waals surface area contributed by atoms with E-state index in [2.05, 4.69) is 4.90 Å². The molecule has 100 valence electrons. The number of hydrogen-bond donors (Lipinski definition) is 1. The average Bonchev–Trinajstić information content (AvgIpc) is 2.77. The van der Waals surface area contributed by atoms with Crippen molar-refractivity contribution in [3.05, 3.63) is 29.6 Å². The molecule has 1 heterocycles. The Morgan fingerprint density at radius 3 is 2.56 bits per heavy atom. The summed E-state index contributed by atoms with van der Waals surface area (Å²) in [7, 11) is -3.78. The lowest BCUT2D eigenvalue weighted by molar-refractivity contribution is 0.342. The predicted octanol–water partition coefficient (Wildman–Crippen LogP) is 1.11. The highest BCUT2D eigenvalue weighted by molar-refractivity contribution is 7.89. The van der Waals surface area contributed by atoms with Crippen LogP contribution in [-0.2, 0) is 16.4 Å². The van der Waals surface area contributed by atoms with Gasteiger partial charge in [-0.15, -0.1) is 0 Å². The Kier molecular flexibility index (Phi) is 3.99. The molecule has 0 aliphatic carbocycles. The van der Waals surface area contributed by atoms with Crippen molar-refractivity contribution in [3.8, 4) is 0 Å². The van der Waals surface area contributed by atoms with E-state index in [-0.39, 0.29) is 4.90 Å². The summed E-state index contributed by atoms with van der Waals surface area (Å²) < 4.78 is 36.0. The van der Waals surface area contributed by atoms with Crippen LogP contribution in [0.25, 0.3) is 0 Å². The summed E-state index contributed by atoms with van der Waals surface area (Å²) in [6.45, 7) is 2.80. The number of halogens is 1. The van der Waals surface area contributed by atoms with Crippen LogP contribution in [0, 0.1) is 5.82 Å². The minimum absolute atomic E-state index is 0.0306. The first-order chi connectivity index (χ1) is 8.47. The fourth-order valence-electron chi connectivity index (χ4n) is 2.31. The van der Waals surface area contributed by atoms with Crippen LogP contribution in [0.4, 0.5) is 4.39 Å². The van der Waals surface area contributed by atoms with Crippen LogP contribution < -0.4 is 5.14 Å². The van der Waals surface area contributed by atoms with Gasteiger partial charge in [-0.25, -0.2) is 17.9 Å². The number of rotatable bonds is 4. The van der Waals surface area contributed by atoms with E-state index in [4.69, 9.17) is 5.14 Å². The summed E-state index contributed by atoms with van der Waals surface area (Å²) >= 11 is 0. The maximum absolute atomic E-state index is 13.2. The quantitative estimate of drug-likeness (QED) is 0.893. The van der Waals surface area contributed by atoms with Gasteiger partial charge in [0.2, 0.25) is 10.0 Å². The Bertz CT molecular complexity index is 525. The van der Waals surface area contributed by atoms with Gasteiger partial charge in [-0.1, -0.05) is 0 Å². The van der Waals surface area contributed by atoms with Crippen LogP contribution in [0.15, 0.2) is 23.1 Å². The summed E-state index contributed by atoms with van der Waals surface area (Å²) in [5, 5.41) is 5.13. The molecular formula is C12H17FN2O2S. The van der Waals surface area contributed by atoms with E-state index in [0.717, 1.165) is 25.7 Å². The fourth-order valence-corrected chi connectivity index (χ4v) is 3.09. The second-order valence-electron chi connectivity index (χ2n) is 4.60. The standard InChI is InChI=1S/C12H17FN2O2S/c13-11-3-4-12(18(14,16)17)10(9-11)5-8-15-6-1-2-7-15/h3-4,9H,1-2,5-8H2,(H2,14,16,17). The van der Waals surface area contributed by atoms with Gasteiger partial charge >= 0.3 is 0 Å². The van der Waals surface area contributed by atoms with Crippen molar-refractivity contribution >= 4 is 10.0 Å². The molecule has 0 aromatic heterocycles. The van der Waals surface area contributed by atoms with Crippen LogP contribution in [-0.4, -0.2) is 33.0 Å². The lowest BCUT2D eigenvalue weighted by atomic mass is 10.1. The zero-order valence-electron chi connectivity index (χ0n) is 10.1. The third kappa shape index (κ3) is 3.28.